The molecule has 0 radical (unpaired) electrons. The summed E-state index contributed by atoms with van der Waals surface area (Å²) in [6.45, 7) is 10.7. The third kappa shape index (κ3) is 5.90. The van der Waals surface area contributed by atoms with Gasteiger partial charge in [-0.15, -0.1) is 0 Å². The van der Waals surface area contributed by atoms with Crippen LogP contribution in [0.15, 0.2) is 0 Å². The number of unbranched alkanes of at least 4 members (excludes halogenated alkanes) is 1. The molecule has 0 spiro atoms. The van der Waals surface area contributed by atoms with Gasteiger partial charge >= 0.3 is 0 Å². The molecule has 17 heavy (non-hydrogen) atoms. The lowest BCUT2D eigenvalue weighted by Gasteiger charge is -2.33. The summed E-state index contributed by atoms with van der Waals surface area (Å²) in [5.41, 5.74) is 0. The summed E-state index contributed by atoms with van der Waals surface area (Å²) in [5.74, 6) is 2.75. The number of hydrogen-bond donors (Lipinski definition) is 1. The first kappa shape index (κ1) is 15.0. The maximum Gasteiger partial charge on any atom is 0.00722 e. The van der Waals surface area contributed by atoms with E-state index in [0.717, 1.165) is 23.8 Å². The Morgan fingerprint density at radius 1 is 1.06 bits per heavy atom. The topological polar surface area (TPSA) is 12.0 Å². The second kappa shape index (κ2) is 8.13. The van der Waals surface area contributed by atoms with Crippen LogP contribution in [0.25, 0.3) is 0 Å². The van der Waals surface area contributed by atoms with E-state index in [1.165, 1.54) is 51.5 Å². The smallest absolute Gasteiger partial charge is 0.00722 e. The minimum Gasteiger partial charge on any atom is -0.314 e. The van der Waals surface area contributed by atoms with Crippen LogP contribution in [0.1, 0.15) is 72.6 Å². The fourth-order valence-corrected chi connectivity index (χ4v) is 3.39. The number of rotatable bonds is 7. The molecule has 0 heterocycles. The molecule has 0 aliphatic heterocycles. The van der Waals surface area contributed by atoms with E-state index in [0.29, 0.717) is 0 Å². The van der Waals surface area contributed by atoms with Crippen molar-refractivity contribution in [2.45, 2.75) is 78.7 Å². The maximum absolute atomic E-state index is 3.84. The zero-order valence-electron chi connectivity index (χ0n) is 12.5. The molecule has 1 N–H and O–H groups in total. The normalized spacial score (nSPS) is 31.4. The van der Waals surface area contributed by atoms with Crippen molar-refractivity contribution in [3.8, 4) is 0 Å². The summed E-state index contributed by atoms with van der Waals surface area (Å²) >= 11 is 0. The zero-order chi connectivity index (χ0) is 12.7. The van der Waals surface area contributed by atoms with Gasteiger partial charge in [-0.05, 0) is 50.0 Å². The van der Waals surface area contributed by atoms with Gasteiger partial charge in [0.2, 0.25) is 0 Å². The van der Waals surface area contributed by atoms with E-state index in [1.54, 1.807) is 0 Å². The quantitative estimate of drug-likeness (QED) is 0.683. The molecule has 0 saturated heterocycles. The predicted octanol–water partition coefficient (Wildman–Crippen LogP) is 4.62. The summed E-state index contributed by atoms with van der Waals surface area (Å²) in [5, 5.41) is 3.84. The van der Waals surface area contributed by atoms with Crippen molar-refractivity contribution in [3.63, 3.8) is 0 Å². The van der Waals surface area contributed by atoms with E-state index in [4.69, 9.17) is 0 Å². The number of hydrogen-bond acceptors (Lipinski definition) is 1. The van der Waals surface area contributed by atoms with Crippen molar-refractivity contribution < 1.29 is 0 Å². The highest BCUT2D eigenvalue weighted by Crippen LogP contribution is 2.28. The van der Waals surface area contributed by atoms with E-state index in [2.05, 4.69) is 33.0 Å². The van der Waals surface area contributed by atoms with Gasteiger partial charge in [-0.1, -0.05) is 47.0 Å². The first-order valence-corrected chi connectivity index (χ1v) is 7.89. The van der Waals surface area contributed by atoms with Gasteiger partial charge in [-0.2, -0.15) is 0 Å². The standard InChI is InChI=1S/C16H33N/c1-5-7-8-15(6-2)12-17-16-10-13(3)9-14(4)11-16/h13-17H,5-12H2,1-4H3. The van der Waals surface area contributed by atoms with E-state index >= 15 is 0 Å². The van der Waals surface area contributed by atoms with E-state index in [-0.39, 0.29) is 0 Å². The Bertz CT molecular complexity index is 180. The zero-order valence-corrected chi connectivity index (χ0v) is 12.5. The lowest BCUT2D eigenvalue weighted by atomic mass is 9.80. The Morgan fingerprint density at radius 2 is 1.71 bits per heavy atom. The molecular formula is C16H33N. The Kier molecular flexibility index (Phi) is 7.18. The van der Waals surface area contributed by atoms with Crippen LogP contribution in [0.5, 0.6) is 0 Å². The average Bonchev–Trinajstić information content (AvgIpc) is 2.28. The molecule has 1 heteroatoms. The highest BCUT2D eigenvalue weighted by atomic mass is 14.9. The summed E-state index contributed by atoms with van der Waals surface area (Å²) in [4.78, 5) is 0. The highest BCUT2D eigenvalue weighted by molar-refractivity contribution is 4.80. The van der Waals surface area contributed by atoms with Crippen molar-refractivity contribution >= 4 is 0 Å². The molecule has 1 saturated carbocycles. The summed E-state index contributed by atoms with van der Waals surface area (Å²) in [6.07, 6.45) is 9.72. The predicted molar refractivity (Wildman–Crippen MR) is 77.3 cm³/mol. The highest BCUT2D eigenvalue weighted by Gasteiger charge is 2.23. The molecule has 1 aliphatic carbocycles. The van der Waals surface area contributed by atoms with Crippen LogP contribution in [0.3, 0.4) is 0 Å². The maximum atomic E-state index is 3.84. The molecule has 102 valence electrons. The molecule has 3 atom stereocenters. The van der Waals surface area contributed by atoms with Gasteiger partial charge in [0, 0.05) is 6.04 Å². The van der Waals surface area contributed by atoms with Crippen LogP contribution >= 0.6 is 0 Å². The van der Waals surface area contributed by atoms with Gasteiger partial charge in [-0.3, -0.25) is 0 Å². The summed E-state index contributed by atoms with van der Waals surface area (Å²) in [7, 11) is 0. The molecule has 1 nitrogen and oxygen atoms in total. The minimum atomic E-state index is 0.796. The fourth-order valence-electron chi connectivity index (χ4n) is 3.39. The van der Waals surface area contributed by atoms with Crippen molar-refractivity contribution in [2.24, 2.45) is 17.8 Å². The number of nitrogens with one attached hydrogen (secondary N) is 1. The van der Waals surface area contributed by atoms with Crippen LogP contribution in [-0.2, 0) is 0 Å². The van der Waals surface area contributed by atoms with Gasteiger partial charge in [0.1, 0.15) is 0 Å². The third-order valence-corrected chi connectivity index (χ3v) is 4.42. The summed E-state index contributed by atoms with van der Waals surface area (Å²) < 4.78 is 0. The SMILES string of the molecule is CCCCC(CC)CNC1CC(C)CC(C)C1. The first-order valence-electron chi connectivity index (χ1n) is 7.89. The molecule has 1 fully saturated rings. The molecule has 0 amide bonds. The van der Waals surface area contributed by atoms with E-state index < -0.39 is 0 Å². The van der Waals surface area contributed by atoms with Gasteiger partial charge in [0.15, 0.2) is 0 Å². The lowest BCUT2D eigenvalue weighted by molar-refractivity contribution is 0.229. The van der Waals surface area contributed by atoms with Crippen LogP contribution in [0.2, 0.25) is 0 Å². The Labute approximate surface area is 109 Å². The van der Waals surface area contributed by atoms with Crippen LogP contribution in [-0.4, -0.2) is 12.6 Å². The van der Waals surface area contributed by atoms with Gasteiger partial charge in [-0.25, -0.2) is 0 Å². The monoisotopic (exact) mass is 239 g/mol. The van der Waals surface area contributed by atoms with E-state index in [1.807, 2.05) is 0 Å². The second-order valence-electron chi connectivity index (χ2n) is 6.44. The van der Waals surface area contributed by atoms with Crippen molar-refractivity contribution in [1.82, 2.24) is 5.32 Å². The van der Waals surface area contributed by atoms with Crippen LogP contribution in [0.4, 0.5) is 0 Å². The van der Waals surface area contributed by atoms with Crippen LogP contribution < -0.4 is 5.32 Å². The molecule has 3 unspecified atom stereocenters. The summed E-state index contributed by atoms with van der Waals surface area (Å²) in [6, 6.07) is 0.796. The molecule has 0 aromatic carbocycles. The lowest BCUT2D eigenvalue weighted by Crippen LogP contribution is -2.38. The Hall–Kier alpha value is -0.0400. The van der Waals surface area contributed by atoms with Crippen molar-refractivity contribution in [2.75, 3.05) is 6.54 Å². The average molecular weight is 239 g/mol. The van der Waals surface area contributed by atoms with Gasteiger partial charge in [0.25, 0.3) is 0 Å². The molecule has 0 aromatic rings. The Balaban J connectivity index is 2.23. The third-order valence-electron chi connectivity index (χ3n) is 4.42. The van der Waals surface area contributed by atoms with Gasteiger partial charge < -0.3 is 5.32 Å². The molecule has 0 bridgehead atoms. The van der Waals surface area contributed by atoms with Gasteiger partial charge in [0.05, 0.1) is 0 Å². The Morgan fingerprint density at radius 3 is 2.24 bits per heavy atom. The van der Waals surface area contributed by atoms with Crippen molar-refractivity contribution in [1.29, 1.82) is 0 Å². The second-order valence-corrected chi connectivity index (χ2v) is 6.44. The largest absolute Gasteiger partial charge is 0.314 e. The minimum absolute atomic E-state index is 0.796. The first-order chi connectivity index (χ1) is 8.15. The van der Waals surface area contributed by atoms with Crippen LogP contribution in [0, 0.1) is 17.8 Å². The van der Waals surface area contributed by atoms with E-state index in [9.17, 15) is 0 Å². The molecule has 1 rings (SSSR count). The fraction of sp³-hybridized carbons (Fsp3) is 1.00. The molecule has 0 aromatic heterocycles. The molecular weight excluding hydrogens is 206 g/mol. The molecule has 1 aliphatic rings. The van der Waals surface area contributed by atoms with Crippen molar-refractivity contribution in [3.05, 3.63) is 0 Å².